The van der Waals surface area contributed by atoms with Gasteiger partial charge in [-0.05, 0) is 37.3 Å². The number of benzene rings is 1. The number of carbonyl (C=O) groups is 1. The van der Waals surface area contributed by atoms with Crippen LogP contribution in [0.4, 0.5) is 26.3 Å². The molecule has 0 spiro atoms. The van der Waals surface area contributed by atoms with Gasteiger partial charge in [0.15, 0.2) is 11.6 Å². The molecule has 0 radical (unpaired) electrons. The van der Waals surface area contributed by atoms with Gasteiger partial charge in [-0.3, -0.25) is 4.79 Å². The molecule has 13 heteroatoms. The van der Waals surface area contributed by atoms with Crippen molar-refractivity contribution in [1.29, 1.82) is 0 Å². The average molecular weight is 475 g/mol. The van der Waals surface area contributed by atoms with E-state index in [-0.39, 0.29) is 22.5 Å². The predicted molar refractivity (Wildman–Crippen MR) is 103 cm³/mol. The molecule has 2 aromatic heterocycles. The molecule has 1 amide bonds. The van der Waals surface area contributed by atoms with E-state index in [2.05, 4.69) is 20.4 Å². The van der Waals surface area contributed by atoms with Crippen molar-refractivity contribution in [3.05, 3.63) is 65.9 Å². The highest BCUT2D eigenvalue weighted by atomic mass is 32.2. The van der Waals surface area contributed by atoms with Crippen LogP contribution in [0, 0.1) is 0 Å². The van der Waals surface area contributed by atoms with Crippen molar-refractivity contribution in [1.82, 2.24) is 25.1 Å². The summed E-state index contributed by atoms with van der Waals surface area (Å²) in [4.78, 5) is 20.4. The van der Waals surface area contributed by atoms with Crippen LogP contribution in [0.15, 0.2) is 53.8 Å². The Balaban J connectivity index is 1.79. The molecular formula is C19H15F6N5OS. The number of hydrogen-bond acceptors (Lipinski definition) is 5. The van der Waals surface area contributed by atoms with Crippen LogP contribution in [-0.4, -0.2) is 37.6 Å². The molecule has 1 N–H and O–H groups in total. The van der Waals surface area contributed by atoms with Crippen molar-refractivity contribution in [2.75, 3.05) is 5.75 Å². The largest absolute Gasteiger partial charge is 0.416 e. The summed E-state index contributed by atoms with van der Waals surface area (Å²) in [5.74, 6) is -1.66. The monoisotopic (exact) mass is 475 g/mol. The van der Waals surface area contributed by atoms with Crippen LogP contribution in [0.25, 0.3) is 5.82 Å². The Morgan fingerprint density at radius 1 is 1.12 bits per heavy atom. The zero-order valence-electron chi connectivity index (χ0n) is 16.3. The topological polar surface area (TPSA) is 72.7 Å². The Kier molecular flexibility index (Phi) is 6.77. The lowest BCUT2D eigenvalue weighted by Crippen LogP contribution is -2.28. The normalized spacial score (nSPS) is 13.1. The van der Waals surface area contributed by atoms with Crippen LogP contribution in [-0.2, 0) is 6.18 Å². The SMILES string of the molecule is CC(NC(=O)c1cc(SCC(F)(F)F)cc(C(F)(F)F)c1)c1ncn(-c2ccccn2)n1. The van der Waals surface area contributed by atoms with Gasteiger partial charge in [-0.25, -0.2) is 14.6 Å². The molecule has 3 rings (SSSR count). The van der Waals surface area contributed by atoms with Crippen molar-refractivity contribution in [3.63, 3.8) is 0 Å². The summed E-state index contributed by atoms with van der Waals surface area (Å²) >= 11 is 0.165. The molecule has 0 fully saturated rings. The molecule has 1 unspecified atom stereocenters. The van der Waals surface area contributed by atoms with Crippen LogP contribution in [0.5, 0.6) is 0 Å². The van der Waals surface area contributed by atoms with Crippen molar-refractivity contribution >= 4 is 17.7 Å². The molecular weight excluding hydrogens is 460 g/mol. The van der Waals surface area contributed by atoms with E-state index in [9.17, 15) is 31.1 Å². The molecule has 3 aromatic rings. The fraction of sp³-hybridized carbons (Fsp3) is 0.263. The predicted octanol–water partition coefficient (Wildman–Crippen LogP) is 4.83. The van der Waals surface area contributed by atoms with E-state index in [0.717, 1.165) is 6.07 Å². The number of alkyl halides is 6. The summed E-state index contributed by atoms with van der Waals surface area (Å²) in [6.45, 7) is 1.52. The van der Waals surface area contributed by atoms with Gasteiger partial charge in [-0.2, -0.15) is 26.3 Å². The molecule has 0 bridgehead atoms. The lowest BCUT2D eigenvalue weighted by molar-refractivity contribution is -0.137. The van der Waals surface area contributed by atoms with Crippen LogP contribution < -0.4 is 5.32 Å². The second kappa shape index (κ2) is 9.18. The third kappa shape index (κ3) is 6.22. The minimum absolute atomic E-state index is 0.165. The van der Waals surface area contributed by atoms with Crippen LogP contribution in [0.3, 0.4) is 0 Å². The van der Waals surface area contributed by atoms with E-state index < -0.39 is 41.2 Å². The quantitative estimate of drug-likeness (QED) is 0.409. The molecule has 1 aromatic carbocycles. The van der Waals surface area contributed by atoms with Crippen molar-refractivity contribution in [2.45, 2.75) is 30.2 Å². The van der Waals surface area contributed by atoms with E-state index in [0.29, 0.717) is 18.0 Å². The van der Waals surface area contributed by atoms with Gasteiger partial charge >= 0.3 is 12.4 Å². The Hall–Kier alpha value is -3.09. The summed E-state index contributed by atoms with van der Waals surface area (Å²) in [7, 11) is 0. The summed E-state index contributed by atoms with van der Waals surface area (Å²) in [6, 6.07) is 6.45. The second-order valence-electron chi connectivity index (χ2n) is 6.58. The van der Waals surface area contributed by atoms with E-state index in [1.807, 2.05) is 0 Å². The first-order valence-electron chi connectivity index (χ1n) is 8.98. The minimum Gasteiger partial charge on any atom is -0.342 e. The summed E-state index contributed by atoms with van der Waals surface area (Å²) in [5.41, 5.74) is -1.65. The van der Waals surface area contributed by atoms with Crippen LogP contribution >= 0.6 is 11.8 Å². The molecule has 0 saturated carbocycles. The first-order valence-corrected chi connectivity index (χ1v) is 9.96. The smallest absolute Gasteiger partial charge is 0.342 e. The standard InChI is InChI=1S/C19H15F6N5OS/c1-11(16-27-10-30(29-16)15-4-2-3-5-26-15)28-17(31)12-6-13(19(23,24)25)8-14(7-12)32-9-18(20,21)22/h2-8,10-11H,9H2,1H3,(H,28,31). The lowest BCUT2D eigenvalue weighted by atomic mass is 10.1. The molecule has 0 saturated heterocycles. The highest BCUT2D eigenvalue weighted by Gasteiger charge is 2.33. The van der Waals surface area contributed by atoms with Gasteiger partial charge in [0, 0.05) is 16.7 Å². The van der Waals surface area contributed by atoms with Gasteiger partial charge in [0.2, 0.25) is 0 Å². The number of halogens is 6. The number of nitrogens with one attached hydrogen (secondary N) is 1. The van der Waals surface area contributed by atoms with E-state index in [1.54, 1.807) is 24.4 Å². The fourth-order valence-corrected chi connectivity index (χ4v) is 3.31. The number of pyridine rings is 1. The number of rotatable bonds is 6. The number of amides is 1. The molecule has 2 heterocycles. The van der Waals surface area contributed by atoms with Gasteiger partial charge in [0.1, 0.15) is 6.33 Å². The highest BCUT2D eigenvalue weighted by molar-refractivity contribution is 7.99. The Morgan fingerprint density at radius 2 is 1.88 bits per heavy atom. The van der Waals surface area contributed by atoms with Gasteiger partial charge in [0.25, 0.3) is 5.91 Å². The Morgan fingerprint density at radius 3 is 2.50 bits per heavy atom. The van der Waals surface area contributed by atoms with Gasteiger partial charge in [-0.1, -0.05) is 6.07 Å². The maximum Gasteiger partial charge on any atom is 0.416 e. The van der Waals surface area contributed by atoms with Crippen LogP contribution in [0.2, 0.25) is 0 Å². The molecule has 32 heavy (non-hydrogen) atoms. The van der Waals surface area contributed by atoms with Gasteiger partial charge in [0.05, 0.1) is 17.4 Å². The number of carbonyl (C=O) groups excluding carboxylic acids is 1. The number of aromatic nitrogens is 4. The maximum atomic E-state index is 13.2. The molecule has 6 nitrogen and oxygen atoms in total. The van der Waals surface area contributed by atoms with E-state index >= 15 is 0 Å². The molecule has 0 aliphatic heterocycles. The van der Waals surface area contributed by atoms with Crippen molar-refractivity contribution < 1.29 is 31.1 Å². The number of hydrogen-bond donors (Lipinski definition) is 1. The van der Waals surface area contributed by atoms with E-state index in [4.69, 9.17) is 0 Å². The molecule has 0 aliphatic carbocycles. The van der Waals surface area contributed by atoms with E-state index in [1.165, 1.54) is 17.9 Å². The van der Waals surface area contributed by atoms with Gasteiger partial charge < -0.3 is 5.32 Å². The molecule has 170 valence electrons. The van der Waals surface area contributed by atoms with Crippen LogP contribution in [0.1, 0.15) is 34.7 Å². The summed E-state index contributed by atoms with van der Waals surface area (Å²) < 4.78 is 78.3. The first kappa shape index (κ1) is 23.6. The van der Waals surface area contributed by atoms with Gasteiger partial charge in [-0.15, -0.1) is 16.9 Å². The third-order valence-corrected chi connectivity index (χ3v) is 5.07. The number of nitrogens with zero attached hydrogens (tertiary/aromatic N) is 4. The highest BCUT2D eigenvalue weighted by Crippen LogP contribution is 2.35. The zero-order chi connectivity index (χ0) is 23.5. The van der Waals surface area contributed by atoms with Crippen molar-refractivity contribution in [2.24, 2.45) is 0 Å². The summed E-state index contributed by atoms with van der Waals surface area (Å²) in [6.07, 6.45) is -6.51. The summed E-state index contributed by atoms with van der Waals surface area (Å²) in [5, 5.41) is 6.64. The second-order valence-corrected chi connectivity index (χ2v) is 7.63. The Labute approximate surface area is 182 Å². The number of thioether (sulfide) groups is 1. The third-order valence-electron chi connectivity index (χ3n) is 4.03. The van der Waals surface area contributed by atoms with Crippen molar-refractivity contribution in [3.8, 4) is 5.82 Å². The zero-order valence-corrected chi connectivity index (χ0v) is 17.1. The minimum atomic E-state index is -4.83. The first-order chi connectivity index (χ1) is 14.9. The molecule has 1 atom stereocenters. The average Bonchev–Trinajstić information content (AvgIpc) is 3.22. The molecule has 0 aliphatic rings. The maximum absolute atomic E-state index is 13.2. The Bertz CT molecular complexity index is 1080. The fourth-order valence-electron chi connectivity index (χ4n) is 2.56. The lowest BCUT2D eigenvalue weighted by Gasteiger charge is -2.15.